The first kappa shape index (κ1) is 20.0. The van der Waals surface area contributed by atoms with Crippen molar-refractivity contribution in [2.24, 2.45) is 0 Å². The maximum Gasteiger partial charge on any atom is 0.349 e. The maximum absolute atomic E-state index is 12.5. The third-order valence-electron chi connectivity index (χ3n) is 3.82. The summed E-state index contributed by atoms with van der Waals surface area (Å²) in [7, 11) is 0. The van der Waals surface area contributed by atoms with Gasteiger partial charge < -0.3 is 9.47 Å². The molecule has 0 atom stereocenters. The molecule has 0 saturated carbocycles. The molecule has 2 rings (SSSR count). The predicted octanol–water partition coefficient (Wildman–Crippen LogP) is 5.07. The Hall–Kier alpha value is -2.33. The van der Waals surface area contributed by atoms with Gasteiger partial charge in [0.1, 0.15) is 5.75 Å². The fourth-order valence-electron chi connectivity index (χ4n) is 2.26. The second kappa shape index (κ2) is 8.86. The van der Waals surface area contributed by atoms with Gasteiger partial charge in [-0.1, -0.05) is 24.9 Å². The summed E-state index contributed by atoms with van der Waals surface area (Å²) in [6.45, 7) is 5.74. The summed E-state index contributed by atoms with van der Waals surface area (Å²) < 4.78 is 11.0. The molecule has 2 aromatic rings. The average Bonchev–Trinajstić information content (AvgIpc) is 2.62. The number of ether oxygens (including phenoxy) is 2. The van der Waals surface area contributed by atoms with Gasteiger partial charge in [-0.25, -0.2) is 4.79 Å². The lowest BCUT2D eigenvalue weighted by Gasteiger charge is -2.24. The van der Waals surface area contributed by atoms with Gasteiger partial charge in [-0.2, -0.15) is 0 Å². The molecular formula is C21H23ClO4. The molecule has 0 unspecified atom stereocenters. The molecule has 0 aromatic heterocycles. The summed E-state index contributed by atoms with van der Waals surface area (Å²) in [4.78, 5) is 24.6. The Bertz CT molecular complexity index is 749. The first-order valence-corrected chi connectivity index (χ1v) is 8.98. The molecule has 0 aliphatic heterocycles. The molecule has 2 aromatic carbocycles. The second-order valence-corrected chi connectivity index (χ2v) is 6.90. The highest BCUT2D eigenvalue weighted by Gasteiger charge is 2.31. The molecule has 0 fully saturated rings. The van der Waals surface area contributed by atoms with Crippen molar-refractivity contribution in [2.45, 2.75) is 39.2 Å². The zero-order chi connectivity index (χ0) is 19.2. The summed E-state index contributed by atoms with van der Waals surface area (Å²) in [5.41, 5.74) is -0.0129. The number of esters is 1. The van der Waals surface area contributed by atoms with E-state index in [1.165, 1.54) is 0 Å². The summed E-state index contributed by atoms with van der Waals surface area (Å²) in [5.74, 6) is -0.0196. The van der Waals surface area contributed by atoms with E-state index in [9.17, 15) is 9.59 Å². The van der Waals surface area contributed by atoms with Crippen molar-refractivity contribution < 1.29 is 19.1 Å². The van der Waals surface area contributed by atoms with Crippen LogP contribution < -0.4 is 4.74 Å². The van der Waals surface area contributed by atoms with E-state index in [4.69, 9.17) is 21.1 Å². The first-order chi connectivity index (χ1) is 12.3. The number of carbonyl (C=O) groups excluding carboxylic acids is 2. The largest absolute Gasteiger partial charge is 0.476 e. The Morgan fingerprint density at radius 3 is 2.04 bits per heavy atom. The van der Waals surface area contributed by atoms with Crippen LogP contribution in [0.3, 0.4) is 0 Å². The van der Waals surface area contributed by atoms with Gasteiger partial charge in [0.15, 0.2) is 11.4 Å². The number of carbonyl (C=O) groups is 2. The molecule has 0 aliphatic carbocycles. The number of hydrogen-bond donors (Lipinski definition) is 0. The standard InChI is InChI=1S/C21H23ClO4/c1-4-5-14-25-20(24)21(2,3)26-18-12-8-16(9-13-18)19(23)15-6-10-17(22)11-7-15/h6-13H,4-5,14H2,1-3H3. The second-order valence-electron chi connectivity index (χ2n) is 6.46. The fourth-order valence-corrected chi connectivity index (χ4v) is 2.39. The molecule has 0 radical (unpaired) electrons. The van der Waals surface area contributed by atoms with Gasteiger partial charge in [0.2, 0.25) is 0 Å². The summed E-state index contributed by atoms with van der Waals surface area (Å²) >= 11 is 5.84. The molecule has 138 valence electrons. The Morgan fingerprint density at radius 2 is 1.50 bits per heavy atom. The Labute approximate surface area is 159 Å². The number of rotatable bonds is 8. The van der Waals surface area contributed by atoms with E-state index >= 15 is 0 Å². The zero-order valence-electron chi connectivity index (χ0n) is 15.3. The van der Waals surface area contributed by atoms with Gasteiger partial charge >= 0.3 is 5.97 Å². The third-order valence-corrected chi connectivity index (χ3v) is 4.07. The van der Waals surface area contributed by atoms with Crippen molar-refractivity contribution >= 4 is 23.4 Å². The van der Waals surface area contributed by atoms with Crippen LogP contribution in [0.4, 0.5) is 0 Å². The number of benzene rings is 2. The minimum absolute atomic E-state index is 0.105. The number of halogens is 1. The van der Waals surface area contributed by atoms with Crippen LogP contribution in [0.15, 0.2) is 48.5 Å². The minimum atomic E-state index is -1.10. The van der Waals surface area contributed by atoms with E-state index in [1.807, 2.05) is 6.92 Å². The van der Waals surface area contributed by atoms with Gasteiger partial charge in [-0.15, -0.1) is 0 Å². The molecule has 26 heavy (non-hydrogen) atoms. The smallest absolute Gasteiger partial charge is 0.349 e. The topological polar surface area (TPSA) is 52.6 Å². The van der Waals surface area contributed by atoms with Crippen LogP contribution in [0.1, 0.15) is 49.5 Å². The van der Waals surface area contributed by atoms with Crippen LogP contribution in [-0.4, -0.2) is 24.0 Å². The van der Waals surface area contributed by atoms with Crippen molar-refractivity contribution in [3.05, 3.63) is 64.7 Å². The van der Waals surface area contributed by atoms with E-state index in [2.05, 4.69) is 0 Å². The van der Waals surface area contributed by atoms with Gasteiger partial charge in [0.05, 0.1) is 6.61 Å². The molecule has 0 spiro atoms. The molecule has 0 heterocycles. The summed E-state index contributed by atoms with van der Waals surface area (Å²) in [5, 5.41) is 0.582. The number of unbranched alkanes of at least 4 members (excludes halogenated alkanes) is 1. The SMILES string of the molecule is CCCCOC(=O)C(C)(C)Oc1ccc(C(=O)c2ccc(Cl)cc2)cc1. The normalized spacial score (nSPS) is 11.1. The molecule has 0 bridgehead atoms. The minimum Gasteiger partial charge on any atom is -0.476 e. The van der Waals surface area contributed by atoms with Crippen molar-refractivity contribution in [2.75, 3.05) is 6.61 Å². The lowest BCUT2D eigenvalue weighted by atomic mass is 10.0. The molecule has 0 amide bonds. The van der Waals surface area contributed by atoms with E-state index in [-0.39, 0.29) is 5.78 Å². The van der Waals surface area contributed by atoms with Gasteiger partial charge in [0.25, 0.3) is 0 Å². The maximum atomic E-state index is 12.5. The molecule has 0 N–H and O–H groups in total. The van der Waals surface area contributed by atoms with Crippen molar-refractivity contribution in [3.8, 4) is 5.75 Å². The predicted molar refractivity (Wildman–Crippen MR) is 102 cm³/mol. The Kier molecular flexibility index (Phi) is 6.81. The third kappa shape index (κ3) is 5.33. The molecule has 4 nitrogen and oxygen atoms in total. The van der Waals surface area contributed by atoms with Crippen LogP contribution in [0.2, 0.25) is 5.02 Å². The van der Waals surface area contributed by atoms with Crippen LogP contribution in [0.25, 0.3) is 0 Å². The van der Waals surface area contributed by atoms with Crippen molar-refractivity contribution in [1.82, 2.24) is 0 Å². The monoisotopic (exact) mass is 374 g/mol. The Morgan fingerprint density at radius 1 is 0.962 bits per heavy atom. The highest BCUT2D eigenvalue weighted by atomic mass is 35.5. The van der Waals surface area contributed by atoms with E-state index in [0.29, 0.717) is 28.5 Å². The van der Waals surface area contributed by atoms with Crippen LogP contribution in [0, 0.1) is 0 Å². The summed E-state index contributed by atoms with van der Waals surface area (Å²) in [6, 6.07) is 13.4. The van der Waals surface area contributed by atoms with Gasteiger partial charge in [-0.05, 0) is 68.8 Å². The number of ketones is 1. The van der Waals surface area contributed by atoms with E-state index in [0.717, 1.165) is 12.8 Å². The molecule has 0 aliphatic rings. The van der Waals surface area contributed by atoms with E-state index < -0.39 is 11.6 Å². The summed E-state index contributed by atoms with van der Waals surface area (Å²) in [6.07, 6.45) is 1.78. The lowest BCUT2D eigenvalue weighted by Crippen LogP contribution is -2.39. The van der Waals surface area contributed by atoms with Crippen LogP contribution in [-0.2, 0) is 9.53 Å². The van der Waals surface area contributed by atoms with Gasteiger partial charge in [0, 0.05) is 16.1 Å². The van der Waals surface area contributed by atoms with E-state index in [1.54, 1.807) is 62.4 Å². The van der Waals surface area contributed by atoms with Crippen LogP contribution in [0.5, 0.6) is 5.75 Å². The van der Waals surface area contributed by atoms with Crippen molar-refractivity contribution in [1.29, 1.82) is 0 Å². The fraction of sp³-hybridized carbons (Fsp3) is 0.333. The molecule has 0 saturated heterocycles. The van der Waals surface area contributed by atoms with Crippen LogP contribution >= 0.6 is 11.6 Å². The first-order valence-electron chi connectivity index (χ1n) is 8.60. The number of hydrogen-bond acceptors (Lipinski definition) is 4. The highest BCUT2D eigenvalue weighted by Crippen LogP contribution is 2.22. The Balaban J connectivity index is 2.03. The highest BCUT2D eigenvalue weighted by molar-refractivity contribution is 6.30. The average molecular weight is 375 g/mol. The quantitative estimate of drug-likeness (QED) is 0.367. The molecule has 5 heteroatoms. The van der Waals surface area contributed by atoms with Crippen molar-refractivity contribution in [3.63, 3.8) is 0 Å². The lowest BCUT2D eigenvalue weighted by molar-refractivity contribution is -0.159. The molecular weight excluding hydrogens is 352 g/mol. The zero-order valence-corrected chi connectivity index (χ0v) is 16.0. The van der Waals surface area contributed by atoms with Gasteiger partial charge in [-0.3, -0.25) is 4.79 Å².